The zero-order valence-corrected chi connectivity index (χ0v) is 16.8. The number of rotatable bonds is 4. The van der Waals surface area contributed by atoms with Crippen molar-refractivity contribution in [3.8, 4) is 6.07 Å². The summed E-state index contributed by atoms with van der Waals surface area (Å²) in [6.07, 6.45) is 9.66. The number of amides is 2. The Morgan fingerprint density at radius 3 is 2.60 bits per heavy atom. The third kappa shape index (κ3) is 4.13. The molecule has 1 aliphatic heterocycles. The van der Waals surface area contributed by atoms with Gasteiger partial charge < -0.3 is 20.5 Å². The van der Waals surface area contributed by atoms with Crippen LogP contribution in [0.4, 0.5) is 5.82 Å². The lowest BCUT2D eigenvalue weighted by atomic mass is 9.82. The lowest BCUT2D eigenvalue weighted by Gasteiger charge is -2.37. The van der Waals surface area contributed by atoms with Crippen LogP contribution < -0.4 is 10.6 Å². The molecule has 156 valence electrons. The average Bonchev–Trinajstić information content (AvgIpc) is 3.19. The van der Waals surface area contributed by atoms with Gasteiger partial charge in [-0.2, -0.15) is 5.26 Å². The Kier molecular flexibility index (Phi) is 5.65. The number of carbonyl (C=O) groups is 2. The molecule has 0 atom stereocenters. The van der Waals surface area contributed by atoms with Crippen LogP contribution in [-0.4, -0.2) is 57.8 Å². The van der Waals surface area contributed by atoms with Crippen molar-refractivity contribution in [2.24, 2.45) is 17.6 Å². The number of piperazine rings is 1. The molecular weight excluding hydrogens is 382 g/mol. The molecule has 2 aliphatic rings. The number of aromatic amines is 1. The van der Waals surface area contributed by atoms with Gasteiger partial charge in [0.15, 0.2) is 5.65 Å². The van der Waals surface area contributed by atoms with Gasteiger partial charge in [0.1, 0.15) is 11.3 Å². The van der Waals surface area contributed by atoms with E-state index < -0.39 is 5.91 Å². The van der Waals surface area contributed by atoms with Crippen molar-refractivity contribution >= 4 is 34.9 Å². The monoisotopic (exact) mass is 407 g/mol. The minimum atomic E-state index is -0.518. The molecule has 0 unspecified atom stereocenters. The minimum absolute atomic E-state index is 0.0525. The zero-order valence-electron chi connectivity index (χ0n) is 16.8. The van der Waals surface area contributed by atoms with Crippen molar-refractivity contribution in [1.82, 2.24) is 19.9 Å². The maximum Gasteiger partial charge on any atom is 0.241 e. The topological polar surface area (TPSA) is 132 Å². The highest BCUT2D eigenvalue weighted by Crippen LogP contribution is 2.30. The largest absolute Gasteiger partial charge is 0.366 e. The number of anilines is 1. The summed E-state index contributed by atoms with van der Waals surface area (Å²) in [5.41, 5.74) is 7.25. The van der Waals surface area contributed by atoms with E-state index >= 15 is 0 Å². The summed E-state index contributed by atoms with van der Waals surface area (Å²) in [5.74, 6) is 0.608. The van der Waals surface area contributed by atoms with Gasteiger partial charge in [-0.3, -0.25) is 9.59 Å². The van der Waals surface area contributed by atoms with Crippen LogP contribution >= 0.6 is 0 Å². The Labute approximate surface area is 174 Å². The summed E-state index contributed by atoms with van der Waals surface area (Å²) in [6, 6.07) is 2.32. The molecule has 2 aromatic heterocycles. The van der Waals surface area contributed by atoms with E-state index in [1.54, 1.807) is 18.5 Å². The lowest BCUT2D eigenvalue weighted by molar-refractivity contribution is -0.137. The molecule has 1 aliphatic carbocycles. The molecule has 3 heterocycles. The number of H-pyrrole nitrogens is 1. The Morgan fingerprint density at radius 2 is 1.93 bits per heavy atom. The fraction of sp³-hybridized carbons (Fsp3) is 0.476. The second kappa shape index (κ2) is 8.53. The summed E-state index contributed by atoms with van der Waals surface area (Å²) in [4.78, 5) is 40.1. The number of nitrogens with one attached hydrogen (secondary N) is 1. The molecule has 9 nitrogen and oxygen atoms in total. The fourth-order valence-corrected chi connectivity index (χ4v) is 4.24. The molecule has 9 heteroatoms. The van der Waals surface area contributed by atoms with E-state index in [-0.39, 0.29) is 17.7 Å². The van der Waals surface area contributed by atoms with E-state index in [9.17, 15) is 9.59 Å². The third-order valence-electron chi connectivity index (χ3n) is 6.00. The van der Waals surface area contributed by atoms with Crippen molar-refractivity contribution < 1.29 is 9.59 Å². The Balaban J connectivity index is 1.40. The molecule has 0 radical (unpaired) electrons. The van der Waals surface area contributed by atoms with E-state index in [0.29, 0.717) is 37.3 Å². The summed E-state index contributed by atoms with van der Waals surface area (Å²) in [7, 11) is 0. The molecule has 2 aromatic rings. The van der Waals surface area contributed by atoms with Gasteiger partial charge in [-0.25, -0.2) is 9.97 Å². The first-order valence-electron chi connectivity index (χ1n) is 10.3. The molecule has 4 rings (SSSR count). The van der Waals surface area contributed by atoms with Crippen molar-refractivity contribution in [3.05, 3.63) is 24.0 Å². The van der Waals surface area contributed by atoms with E-state index in [0.717, 1.165) is 37.1 Å². The number of nitrogens with zero attached hydrogens (tertiary/aromatic N) is 5. The molecule has 0 spiro atoms. The summed E-state index contributed by atoms with van der Waals surface area (Å²) >= 11 is 0. The van der Waals surface area contributed by atoms with Crippen LogP contribution in [0.25, 0.3) is 17.2 Å². The average molecular weight is 407 g/mol. The zero-order chi connectivity index (χ0) is 21.1. The highest BCUT2D eigenvalue weighted by molar-refractivity contribution is 5.93. The highest BCUT2D eigenvalue weighted by atomic mass is 16.2. The Morgan fingerprint density at radius 1 is 1.20 bits per heavy atom. The SMILES string of the molecule is N#C[C@H]1CC[C@@H](C(=O)N2CCN(c3cnc4[nH]cc(/C=C/C(N)=O)c4n3)CC2)CC1. The van der Waals surface area contributed by atoms with Crippen LogP contribution in [0.2, 0.25) is 0 Å². The Bertz CT molecular complexity index is 1010. The van der Waals surface area contributed by atoms with Gasteiger partial charge in [-0.1, -0.05) is 0 Å². The van der Waals surface area contributed by atoms with Gasteiger partial charge in [-0.15, -0.1) is 0 Å². The summed E-state index contributed by atoms with van der Waals surface area (Å²) in [6.45, 7) is 2.68. The van der Waals surface area contributed by atoms with E-state index in [1.807, 2.05) is 4.90 Å². The Hall–Kier alpha value is -3.41. The van der Waals surface area contributed by atoms with E-state index in [1.165, 1.54) is 6.08 Å². The first-order valence-corrected chi connectivity index (χ1v) is 10.3. The van der Waals surface area contributed by atoms with Crippen LogP contribution in [0.3, 0.4) is 0 Å². The van der Waals surface area contributed by atoms with Gasteiger partial charge >= 0.3 is 0 Å². The number of nitriles is 1. The fourth-order valence-electron chi connectivity index (χ4n) is 4.24. The lowest BCUT2D eigenvalue weighted by Crippen LogP contribution is -2.51. The third-order valence-corrected chi connectivity index (χ3v) is 6.00. The smallest absolute Gasteiger partial charge is 0.241 e. The number of primary amides is 1. The van der Waals surface area contributed by atoms with Crippen LogP contribution in [0.5, 0.6) is 0 Å². The van der Waals surface area contributed by atoms with Gasteiger partial charge in [-0.05, 0) is 31.8 Å². The molecule has 2 amide bonds. The second-order valence-corrected chi connectivity index (χ2v) is 7.90. The normalized spacial score (nSPS) is 22.4. The van der Waals surface area contributed by atoms with E-state index in [4.69, 9.17) is 16.0 Å². The van der Waals surface area contributed by atoms with Crippen molar-refractivity contribution in [2.75, 3.05) is 31.1 Å². The standard InChI is InChI=1S/C21H25N7O2/c22-11-14-1-3-15(4-2-14)21(30)28-9-7-27(8-10-28)18-13-25-20-19(26-18)16(12-24-20)5-6-17(23)29/h5-6,12-15H,1-4,7-10H2,(H2,23,29)(H,24,25)/b6-5+/t14-,15+. The first kappa shape index (κ1) is 19.9. The number of carbonyl (C=O) groups excluding carboxylic acids is 2. The quantitative estimate of drug-likeness (QED) is 0.737. The predicted molar refractivity (Wildman–Crippen MR) is 112 cm³/mol. The number of hydrogen-bond donors (Lipinski definition) is 2. The van der Waals surface area contributed by atoms with Gasteiger partial charge in [0.25, 0.3) is 0 Å². The number of nitrogens with two attached hydrogens (primary N) is 1. The van der Waals surface area contributed by atoms with Crippen LogP contribution in [0.15, 0.2) is 18.5 Å². The molecular formula is C21H25N7O2. The molecule has 0 bridgehead atoms. The molecule has 30 heavy (non-hydrogen) atoms. The predicted octanol–water partition coefficient (Wildman–Crippen LogP) is 1.43. The number of hydrogen-bond acceptors (Lipinski definition) is 6. The minimum Gasteiger partial charge on any atom is -0.366 e. The summed E-state index contributed by atoms with van der Waals surface area (Å²) in [5, 5.41) is 9.04. The van der Waals surface area contributed by atoms with Crippen molar-refractivity contribution in [2.45, 2.75) is 25.7 Å². The van der Waals surface area contributed by atoms with Crippen molar-refractivity contribution in [1.29, 1.82) is 5.26 Å². The van der Waals surface area contributed by atoms with Crippen molar-refractivity contribution in [3.63, 3.8) is 0 Å². The highest BCUT2D eigenvalue weighted by Gasteiger charge is 2.31. The van der Waals surface area contributed by atoms with Gasteiger partial charge in [0.2, 0.25) is 11.8 Å². The maximum absolute atomic E-state index is 12.9. The molecule has 1 saturated heterocycles. The molecule has 3 N–H and O–H groups in total. The number of aromatic nitrogens is 3. The molecule has 1 saturated carbocycles. The molecule has 2 fully saturated rings. The van der Waals surface area contributed by atoms with Crippen LogP contribution in [-0.2, 0) is 9.59 Å². The molecule has 0 aromatic carbocycles. The number of fused-ring (bicyclic) bond motifs is 1. The second-order valence-electron chi connectivity index (χ2n) is 7.90. The van der Waals surface area contributed by atoms with E-state index in [2.05, 4.69) is 20.9 Å². The summed E-state index contributed by atoms with van der Waals surface area (Å²) < 4.78 is 0. The first-order chi connectivity index (χ1) is 14.5. The van der Waals surface area contributed by atoms with Gasteiger partial charge in [0.05, 0.1) is 12.3 Å². The van der Waals surface area contributed by atoms with Crippen LogP contribution in [0, 0.1) is 23.2 Å². The maximum atomic E-state index is 12.9. The van der Waals surface area contributed by atoms with Gasteiger partial charge in [0, 0.05) is 55.9 Å². The van der Waals surface area contributed by atoms with Crippen LogP contribution in [0.1, 0.15) is 31.2 Å².